The van der Waals surface area contributed by atoms with Gasteiger partial charge in [0.15, 0.2) is 0 Å². The van der Waals surface area contributed by atoms with Gasteiger partial charge in [-0.2, -0.15) is 0 Å². The van der Waals surface area contributed by atoms with Crippen LogP contribution in [0.3, 0.4) is 0 Å². The molecule has 0 radical (unpaired) electrons. The zero-order valence-electron chi connectivity index (χ0n) is 13.8. The first-order valence-electron chi connectivity index (χ1n) is 9.21. The highest BCUT2D eigenvalue weighted by molar-refractivity contribution is 5.15. The summed E-state index contributed by atoms with van der Waals surface area (Å²) >= 11 is 0. The van der Waals surface area contributed by atoms with Crippen molar-refractivity contribution < 1.29 is 0 Å². The number of terminal acetylenes is 1. The molecule has 0 aromatic carbocycles. The molecule has 0 heteroatoms. The van der Waals surface area contributed by atoms with E-state index in [0.29, 0.717) is 16.7 Å². The quantitative estimate of drug-likeness (QED) is 0.409. The Morgan fingerprint density at radius 2 is 1.76 bits per heavy atom. The van der Waals surface area contributed by atoms with Gasteiger partial charge in [-0.15, -0.1) is 12.3 Å². The molecule has 0 aliphatic heterocycles. The number of hydrogen-bond acceptors (Lipinski definition) is 0. The normalized spacial score (nSPS) is 55.2. The second-order valence-electron chi connectivity index (χ2n) is 8.91. The van der Waals surface area contributed by atoms with Gasteiger partial charge in [0.05, 0.1) is 0 Å². The third-order valence-corrected chi connectivity index (χ3v) is 8.41. The Morgan fingerprint density at radius 3 is 2.57 bits per heavy atom. The van der Waals surface area contributed by atoms with Gasteiger partial charge in [-0.05, 0) is 85.9 Å². The number of rotatable bonds is 0. The fourth-order valence-corrected chi connectivity index (χ4v) is 7.11. The van der Waals surface area contributed by atoms with Crippen molar-refractivity contribution in [3.63, 3.8) is 0 Å². The van der Waals surface area contributed by atoms with Gasteiger partial charge in [0.1, 0.15) is 0 Å². The van der Waals surface area contributed by atoms with Gasteiger partial charge < -0.3 is 0 Å². The summed E-state index contributed by atoms with van der Waals surface area (Å²) in [6.07, 6.45) is 21.9. The summed E-state index contributed by atoms with van der Waals surface area (Å²) in [7, 11) is 0. The van der Waals surface area contributed by atoms with E-state index in [2.05, 4.69) is 31.9 Å². The van der Waals surface area contributed by atoms with Crippen LogP contribution in [0.2, 0.25) is 0 Å². The lowest BCUT2D eigenvalue weighted by Gasteiger charge is -2.59. The number of hydrogen-bond donors (Lipinski definition) is 0. The van der Waals surface area contributed by atoms with Crippen molar-refractivity contribution in [1.29, 1.82) is 0 Å². The molecule has 21 heavy (non-hydrogen) atoms. The summed E-state index contributed by atoms with van der Waals surface area (Å²) < 4.78 is 0. The zero-order chi connectivity index (χ0) is 14.7. The molecule has 7 atom stereocenters. The molecule has 1 unspecified atom stereocenters. The Labute approximate surface area is 130 Å². The van der Waals surface area contributed by atoms with E-state index in [4.69, 9.17) is 6.42 Å². The van der Waals surface area contributed by atoms with Gasteiger partial charge in [-0.3, -0.25) is 0 Å². The standard InChI is InChI=1S/C21H30/c1-4-15-9-11-18-17-10-8-16-7-5-6-13-20(16,2)19(17)12-14-21(15,18)3/h1,5-6,15-19H,7-14H2,2-3H3/t15-,16?,17+,18+,19+,20+,21-/m1/s1. The summed E-state index contributed by atoms with van der Waals surface area (Å²) in [6.45, 7) is 5.15. The Balaban J connectivity index is 1.66. The van der Waals surface area contributed by atoms with Crippen molar-refractivity contribution in [2.45, 2.75) is 65.2 Å². The first-order chi connectivity index (χ1) is 10.1. The highest BCUT2D eigenvalue weighted by Gasteiger charge is 2.59. The first kappa shape index (κ1) is 13.9. The molecule has 4 aliphatic rings. The Bertz CT molecular complexity index is 495. The molecule has 4 rings (SSSR count). The second kappa shape index (κ2) is 4.65. The van der Waals surface area contributed by atoms with E-state index < -0.39 is 0 Å². The van der Waals surface area contributed by atoms with E-state index in [1.54, 1.807) is 0 Å². The number of allylic oxidation sites excluding steroid dienone is 2. The highest BCUT2D eigenvalue weighted by atomic mass is 14.6. The topological polar surface area (TPSA) is 0 Å². The van der Waals surface area contributed by atoms with Gasteiger partial charge in [0.25, 0.3) is 0 Å². The smallest absolute Gasteiger partial charge is 0.0256 e. The molecular weight excluding hydrogens is 252 g/mol. The molecule has 0 saturated heterocycles. The molecule has 0 nitrogen and oxygen atoms in total. The first-order valence-corrected chi connectivity index (χ1v) is 9.21. The Kier molecular flexibility index (Phi) is 3.08. The van der Waals surface area contributed by atoms with Gasteiger partial charge >= 0.3 is 0 Å². The van der Waals surface area contributed by atoms with Crippen molar-refractivity contribution in [3.8, 4) is 12.3 Å². The molecule has 0 amide bonds. The molecule has 0 heterocycles. The third kappa shape index (κ3) is 1.76. The maximum Gasteiger partial charge on any atom is 0.0256 e. The van der Waals surface area contributed by atoms with Crippen molar-refractivity contribution >= 4 is 0 Å². The molecule has 0 spiro atoms. The molecular formula is C21H30. The lowest BCUT2D eigenvalue weighted by Crippen LogP contribution is -2.52. The summed E-state index contributed by atoms with van der Waals surface area (Å²) in [5.41, 5.74) is 1.05. The predicted molar refractivity (Wildman–Crippen MR) is 88.6 cm³/mol. The molecule has 0 N–H and O–H groups in total. The van der Waals surface area contributed by atoms with Crippen LogP contribution in [0.1, 0.15) is 65.2 Å². The van der Waals surface area contributed by atoms with Crippen LogP contribution in [-0.4, -0.2) is 0 Å². The van der Waals surface area contributed by atoms with Crippen LogP contribution in [0, 0.1) is 52.8 Å². The highest BCUT2D eigenvalue weighted by Crippen LogP contribution is 2.66. The van der Waals surface area contributed by atoms with Gasteiger partial charge in [-0.25, -0.2) is 0 Å². The van der Waals surface area contributed by atoms with E-state index >= 15 is 0 Å². The predicted octanol–water partition coefficient (Wildman–Crippen LogP) is 5.44. The number of fused-ring (bicyclic) bond motifs is 5. The monoisotopic (exact) mass is 282 g/mol. The van der Waals surface area contributed by atoms with Gasteiger partial charge in [-0.1, -0.05) is 26.0 Å². The van der Waals surface area contributed by atoms with Crippen molar-refractivity contribution in [3.05, 3.63) is 12.2 Å². The van der Waals surface area contributed by atoms with Crippen LogP contribution in [0.4, 0.5) is 0 Å². The largest absolute Gasteiger partial charge is 0.120 e. The van der Waals surface area contributed by atoms with Crippen LogP contribution in [0.25, 0.3) is 0 Å². The van der Waals surface area contributed by atoms with Crippen molar-refractivity contribution in [2.75, 3.05) is 0 Å². The van der Waals surface area contributed by atoms with Crippen molar-refractivity contribution in [2.24, 2.45) is 40.4 Å². The lowest BCUT2D eigenvalue weighted by atomic mass is 9.45. The summed E-state index contributed by atoms with van der Waals surface area (Å²) in [5, 5.41) is 0. The summed E-state index contributed by atoms with van der Waals surface area (Å²) in [5.74, 6) is 7.52. The summed E-state index contributed by atoms with van der Waals surface area (Å²) in [6, 6.07) is 0. The minimum absolute atomic E-state index is 0.462. The van der Waals surface area contributed by atoms with Gasteiger partial charge in [0.2, 0.25) is 0 Å². The average Bonchev–Trinajstić information content (AvgIpc) is 2.83. The van der Waals surface area contributed by atoms with E-state index in [9.17, 15) is 0 Å². The Morgan fingerprint density at radius 1 is 0.952 bits per heavy atom. The molecule has 3 fully saturated rings. The maximum atomic E-state index is 5.87. The van der Waals surface area contributed by atoms with E-state index in [1.807, 2.05) is 0 Å². The fraction of sp³-hybridized carbons (Fsp3) is 0.810. The average molecular weight is 282 g/mol. The molecule has 0 aromatic heterocycles. The van der Waals surface area contributed by atoms with Crippen molar-refractivity contribution in [1.82, 2.24) is 0 Å². The lowest BCUT2D eigenvalue weighted by molar-refractivity contribution is -0.0920. The van der Waals surface area contributed by atoms with Crippen LogP contribution in [0.5, 0.6) is 0 Å². The zero-order valence-corrected chi connectivity index (χ0v) is 13.8. The molecule has 0 aromatic rings. The van der Waals surface area contributed by atoms with E-state index in [1.165, 1.54) is 51.4 Å². The molecule has 4 aliphatic carbocycles. The molecule has 0 bridgehead atoms. The third-order valence-electron chi connectivity index (χ3n) is 8.41. The second-order valence-corrected chi connectivity index (χ2v) is 8.91. The molecule has 3 saturated carbocycles. The fourth-order valence-electron chi connectivity index (χ4n) is 7.11. The minimum atomic E-state index is 0.462. The van der Waals surface area contributed by atoms with Crippen LogP contribution < -0.4 is 0 Å². The van der Waals surface area contributed by atoms with Gasteiger partial charge in [0, 0.05) is 5.92 Å². The van der Waals surface area contributed by atoms with Crippen LogP contribution in [0.15, 0.2) is 12.2 Å². The van der Waals surface area contributed by atoms with Crippen LogP contribution >= 0.6 is 0 Å². The van der Waals surface area contributed by atoms with Crippen LogP contribution in [-0.2, 0) is 0 Å². The SMILES string of the molecule is C#C[C@@H]1CC[C@H]2[C@@H]3CCC4CC=CC[C@]4(C)[C@H]3CC[C@]12C. The Hall–Kier alpha value is -0.700. The van der Waals surface area contributed by atoms with E-state index in [0.717, 1.165) is 23.7 Å². The van der Waals surface area contributed by atoms with E-state index in [-0.39, 0.29) is 0 Å². The summed E-state index contributed by atoms with van der Waals surface area (Å²) in [4.78, 5) is 0. The minimum Gasteiger partial charge on any atom is -0.120 e. The molecule has 114 valence electrons. The maximum absolute atomic E-state index is 5.87.